The molecule has 0 aliphatic carbocycles. The van der Waals surface area contributed by atoms with Crippen LogP contribution in [0.4, 0.5) is 0 Å². The van der Waals surface area contributed by atoms with Crippen molar-refractivity contribution in [1.29, 1.82) is 0 Å². The number of nitrogens with one attached hydrogen (secondary N) is 1. The number of fused-ring (bicyclic) bond motifs is 1. The van der Waals surface area contributed by atoms with Crippen LogP contribution >= 0.6 is 11.3 Å². The Morgan fingerprint density at radius 3 is 2.92 bits per heavy atom. The lowest BCUT2D eigenvalue weighted by atomic mass is 9.94. The lowest BCUT2D eigenvalue weighted by Gasteiger charge is -2.37. The highest BCUT2D eigenvalue weighted by Gasteiger charge is 2.31. The number of thiophene rings is 1. The summed E-state index contributed by atoms with van der Waals surface area (Å²) in [6.45, 7) is 5.11. The Labute approximate surface area is 152 Å². The van der Waals surface area contributed by atoms with Gasteiger partial charge in [0.15, 0.2) is 0 Å². The summed E-state index contributed by atoms with van der Waals surface area (Å²) in [6.07, 6.45) is 2.92. The number of nitrogens with zero attached hydrogens (tertiary/aromatic N) is 2. The molecule has 0 aromatic carbocycles. The van der Waals surface area contributed by atoms with Gasteiger partial charge in [-0.3, -0.25) is 9.59 Å². The van der Waals surface area contributed by atoms with Gasteiger partial charge in [0.25, 0.3) is 0 Å². The van der Waals surface area contributed by atoms with Crippen molar-refractivity contribution in [2.75, 3.05) is 39.3 Å². The molecule has 0 bridgehead atoms. The number of ether oxygens (including phenoxy) is 1. The maximum atomic E-state index is 12.9. The number of rotatable bonds is 3. The van der Waals surface area contributed by atoms with Gasteiger partial charge in [-0.2, -0.15) is 0 Å². The molecule has 0 spiro atoms. The van der Waals surface area contributed by atoms with Crippen LogP contribution in [0.2, 0.25) is 0 Å². The molecule has 3 aliphatic rings. The summed E-state index contributed by atoms with van der Waals surface area (Å²) in [6, 6.07) is 2.16. The summed E-state index contributed by atoms with van der Waals surface area (Å²) in [7, 11) is 0. The number of carbonyl (C=O) groups is 2. The largest absolute Gasteiger partial charge is 0.365 e. The van der Waals surface area contributed by atoms with Gasteiger partial charge in [0.1, 0.15) is 6.61 Å². The molecule has 2 saturated heterocycles. The Morgan fingerprint density at radius 1 is 1.32 bits per heavy atom. The van der Waals surface area contributed by atoms with Gasteiger partial charge >= 0.3 is 0 Å². The number of hydrogen-bond acceptors (Lipinski definition) is 5. The van der Waals surface area contributed by atoms with E-state index in [-0.39, 0.29) is 24.5 Å². The number of morpholine rings is 1. The van der Waals surface area contributed by atoms with Crippen molar-refractivity contribution in [3.05, 3.63) is 21.9 Å². The van der Waals surface area contributed by atoms with Crippen LogP contribution in [0.15, 0.2) is 11.4 Å². The fraction of sp³-hybridized carbons (Fsp3) is 0.667. The zero-order valence-corrected chi connectivity index (χ0v) is 15.2. The van der Waals surface area contributed by atoms with Crippen LogP contribution in [0.1, 0.15) is 23.3 Å². The fourth-order valence-corrected chi connectivity index (χ4v) is 4.88. The second kappa shape index (κ2) is 7.43. The van der Waals surface area contributed by atoms with Crippen LogP contribution in [0, 0.1) is 5.92 Å². The Hall–Kier alpha value is -1.44. The third-order valence-corrected chi connectivity index (χ3v) is 6.52. The molecule has 6 nitrogen and oxygen atoms in total. The normalized spacial score (nSPS) is 25.5. The molecule has 4 heterocycles. The smallest absolute Gasteiger partial charge is 0.246 e. The minimum atomic E-state index is -0.0316. The van der Waals surface area contributed by atoms with Crippen molar-refractivity contribution in [3.8, 4) is 0 Å². The van der Waals surface area contributed by atoms with E-state index in [4.69, 9.17) is 4.74 Å². The molecule has 7 heteroatoms. The van der Waals surface area contributed by atoms with E-state index in [2.05, 4.69) is 26.6 Å². The van der Waals surface area contributed by atoms with E-state index in [1.54, 1.807) is 0 Å². The van der Waals surface area contributed by atoms with E-state index >= 15 is 0 Å². The number of piperidine rings is 1. The van der Waals surface area contributed by atoms with Crippen molar-refractivity contribution >= 4 is 23.2 Å². The van der Waals surface area contributed by atoms with Crippen molar-refractivity contribution in [2.45, 2.75) is 31.9 Å². The molecule has 2 fully saturated rings. The summed E-state index contributed by atoms with van der Waals surface area (Å²) in [5, 5.41) is 4.98. The van der Waals surface area contributed by atoms with Gasteiger partial charge in [-0.15, -0.1) is 11.3 Å². The standard InChI is InChI=1S/C18H25N3O3S/c22-17-12-24-15(9-19-17)11-20-5-1-13(2-6-20)18(23)21-7-3-16-14(10-21)4-8-25-16/h4,8,13,15H,1-3,5-7,9-12H2,(H,19,22). The molecule has 3 aliphatic heterocycles. The van der Waals surface area contributed by atoms with Crippen molar-refractivity contribution in [1.82, 2.24) is 15.1 Å². The zero-order valence-electron chi connectivity index (χ0n) is 14.4. The molecule has 0 radical (unpaired) electrons. The van der Waals surface area contributed by atoms with E-state index in [1.807, 2.05) is 11.3 Å². The van der Waals surface area contributed by atoms with Gasteiger partial charge in [-0.25, -0.2) is 0 Å². The summed E-state index contributed by atoms with van der Waals surface area (Å²) in [5.74, 6) is 0.456. The lowest BCUT2D eigenvalue weighted by Crippen LogP contribution is -2.50. The summed E-state index contributed by atoms with van der Waals surface area (Å²) < 4.78 is 5.56. The molecule has 1 aromatic rings. The lowest BCUT2D eigenvalue weighted by molar-refractivity contribution is -0.139. The zero-order chi connectivity index (χ0) is 17.2. The molecule has 0 saturated carbocycles. The summed E-state index contributed by atoms with van der Waals surface area (Å²) in [5.41, 5.74) is 1.33. The molecule has 25 heavy (non-hydrogen) atoms. The predicted molar refractivity (Wildman–Crippen MR) is 95.4 cm³/mol. The van der Waals surface area contributed by atoms with E-state index in [0.29, 0.717) is 12.5 Å². The average molecular weight is 363 g/mol. The first kappa shape index (κ1) is 17.0. The van der Waals surface area contributed by atoms with Gasteiger partial charge in [-0.05, 0) is 49.4 Å². The minimum Gasteiger partial charge on any atom is -0.365 e. The van der Waals surface area contributed by atoms with Gasteiger partial charge < -0.3 is 19.9 Å². The number of carbonyl (C=O) groups excluding carboxylic acids is 2. The van der Waals surface area contributed by atoms with Gasteiger partial charge in [0.05, 0.1) is 6.10 Å². The molecule has 1 atom stereocenters. The third-order valence-electron chi connectivity index (χ3n) is 5.50. The molecular weight excluding hydrogens is 338 g/mol. The van der Waals surface area contributed by atoms with Gasteiger partial charge in [0, 0.05) is 37.0 Å². The highest BCUT2D eigenvalue weighted by atomic mass is 32.1. The number of amides is 2. The van der Waals surface area contributed by atoms with Crippen LogP contribution < -0.4 is 5.32 Å². The molecular formula is C18H25N3O3S. The highest BCUT2D eigenvalue weighted by molar-refractivity contribution is 7.10. The maximum Gasteiger partial charge on any atom is 0.246 e. The topological polar surface area (TPSA) is 61.9 Å². The Morgan fingerprint density at radius 2 is 2.16 bits per heavy atom. The van der Waals surface area contributed by atoms with E-state index in [0.717, 1.165) is 52.0 Å². The third kappa shape index (κ3) is 3.88. The first-order valence-electron chi connectivity index (χ1n) is 9.14. The molecule has 1 aromatic heterocycles. The van der Waals surface area contributed by atoms with Crippen molar-refractivity contribution in [3.63, 3.8) is 0 Å². The first-order valence-corrected chi connectivity index (χ1v) is 10.0. The second-order valence-electron chi connectivity index (χ2n) is 7.19. The molecule has 1 N–H and O–H groups in total. The highest BCUT2D eigenvalue weighted by Crippen LogP contribution is 2.27. The monoisotopic (exact) mass is 363 g/mol. The Balaban J connectivity index is 1.24. The summed E-state index contributed by atoms with van der Waals surface area (Å²) in [4.78, 5) is 29.8. The molecule has 4 rings (SSSR count). The number of hydrogen-bond donors (Lipinski definition) is 1. The average Bonchev–Trinajstić information content (AvgIpc) is 3.11. The van der Waals surface area contributed by atoms with Crippen LogP contribution in [0.5, 0.6) is 0 Å². The second-order valence-corrected chi connectivity index (χ2v) is 8.19. The fourth-order valence-electron chi connectivity index (χ4n) is 3.99. The molecule has 136 valence electrons. The van der Waals surface area contributed by atoms with Gasteiger partial charge in [-0.1, -0.05) is 0 Å². The van der Waals surface area contributed by atoms with Crippen LogP contribution in [0.3, 0.4) is 0 Å². The SMILES string of the molecule is O=C1COC(CN2CCC(C(=O)N3CCc4sccc4C3)CC2)CN1. The summed E-state index contributed by atoms with van der Waals surface area (Å²) >= 11 is 1.81. The molecule has 2 amide bonds. The predicted octanol–water partition coefficient (Wildman–Crippen LogP) is 0.860. The van der Waals surface area contributed by atoms with Crippen molar-refractivity contribution < 1.29 is 14.3 Å². The Kier molecular flexibility index (Phi) is 5.05. The Bertz CT molecular complexity index is 629. The van der Waals surface area contributed by atoms with Crippen LogP contribution in [0.25, 0.3) is 0 Å². The first-order chi connectivity index (χ1) is 12.2. The van der Waals surface area contributed by atoms with Crippen molar-refractivity contribution in [2.24, 2.45) is 5.92 Å². The van der Waals surface area contributed by atoms with Crippen LogP contribution in [-0.4, -0.2) is 67.0 Å². The van der Waals surface area contributed by atoms with Gasteiger partial charge in [0.2, 0.25) is 11.8 Å². The number of likely N-dealkylation sites (tertiary alicyclic amines) is 1. The molecule has 1 unspecified atom stereocenters. The minimum absolute atomic E-state index is 0.0316. The van der Waals surface area contributed by atoms with E-state index in [9.17, 15) is 9.59 Å². The van der Waals surface area contributed by atoms with E-state index in [1.165, 1.54) is 10.4 Å². The maximum absolute atomic E-state index is 12.9. The van der Waals surface area contributed by atoms with Crippen LogP contribution in [-0.2, 0) is 27.3 Å². The quantitative estimate of drug-likeness (QED) is 0.865. The van der Waals surface area contributed by atoms with E-state index < -0.39 is 0 Å².